The first-order valence-corrected chi connectivity index (χ1v) is 12.3. The van der Waals surface area contributed by atoms with Crippen LogP contribution in [0.4, 0.5) is 11.8 Å². The maximum atomic E-state index is 6.42. The Kier molecular flexibility index (Phi) is 9.05. The van der Waals surface area contributed by atoms with Crippen LogP contribution in [0.5, 0.6) is 0 Å². The van der Waals surface area contributed by atoms with Crippen LogP contribution in [-0.2, 0) is 9.47 Å². The smallest absolute Gasteiger partial charge is 0.223 e. The summed E-state index contributed by atoms with van der Waals surface area (Å²) in [5.74, 6) is 2.43. The predicted molar refractivity (Wildman–Crippen MR) is 130 cm³/mol. The summed E-state index contributed by atoms with van der Waals surface area (Å²) >= 11 is 6.42. The number of methoxy groups -OCH3 is 1. The molecule has 2 aromatic heterocycles. The van der Waals surface area contributed by atoms with Crippen molar-refractivity contribution in [1.29, 1.82) is 0 Å². The summed E-state index contributed by atoms with van der Waals surface area (Å²) < 4.78 is 10.6. The van der Waals surface area contributed by atoms with Gasteiger partial charge in [-0.2, -0.15) is 0 Å². The number of halogens is 1. The summed E-state index contributed by atoms with van der Waals surface area (Å²) in [5.41, 5.74) is 0.541. The SMILES string of the molecule is COCCNC1CCC(Nc2ncc(Cl)c(-c3nccc(NCC4CCOCC4)n3)n2)CC1. The molecule has 0 radical (unpaired) electrons. The van der Waals surface area contributed by atoms with Crippen molar-refractivity contribution in [2.24, 2.45) is 5.92 Å². The van der Waals surface area contributed by atoms with Gasteiger partial charge >= 0.3 is 0 Å². The van der Waals surface area contributed by atoms with E-state index in [4.69, 9.17) is 21.1 Å². The summed E-state index contributed by atoms with van der Waals surface area (Å²) in [5, 5.41) is 10.9. The third-order valence-electron chi connectivity index (χ3n) is 6.32. The highest BCUT2D eigenvalue weighted by Crippen LogP contribution is 2.26. The third kappa shape index (κ3) is 7.20. The standard InChI is InChI=1S/C23H34ClN7O2/c1-32-13-10-25-17-2-4-18(5-3-17)29-23-28-15-19(24)21(31-23)22-26-9-6-20(30-22)27-14-16-7-11-33-12-8-16/h6,9,15-18,25H,2-5,7-8,10-14H2,1H3,(H,26,27,30)(H,28,29,31). The van der Waals surface area contributed by atoms with E-state index in [2.05, 4.69) is 35.9 Å². The van der Waals surface area contributed by atoms with Gasteiger partial charge in [0.05, 0.1) is 17.8 Å². The average molecular weight is 476 g/mol. The van der Waals surface area contributed by atoms with Gasteiger partial charge in [0.2, 0.25) is 5.95 Å². The Morgan fingerprint density at radius 2 is 1.85 bits per heavy atom. The second-order valence-electron chi connectivity index (χ2n) is 8.73. The minimum Gasteiger partial charge on any atom is -0.383 e. The third-order valence-corrected chi connectivity index (χ3v) is 6.60. The zero-order valence-corrected chi connectivity index (χ0v) is 20.0. The van der Waals surface area contributed by atoms with Crippen molar-refractivity contribution in [3.8, 4) is 11.5 Å². The first kappa shape index (κ1) is 24.1. The van der Waals surface area contributed by atoms with Crippen LogP contribution >= 0.6 is 11.6 Å². The lowest BCUT2D eigenvalue weighted by Crippen LogP contribution is -2.38. The Morgan fingerprint density at radius 3 is 2.64 bits per heavy atom. The number of rotatable bonds is 10. The maximum absolute atomic E-state index is 6.42. The first-order valence-electron chi connectivity index (χ1n) is 11.9. The zero-order chi connectivity index (χ0) is 22.9. The first-order chi connectivity index (χ1) is 16.2. The van der Waals surface area contributed by atoms with Crippen molar-refractivity contribution >= 4 is 23.4 Å². The molecule has 0 unspecified atom stereocenters. The number of aromatic nitrogens is 4. The Balaban J connectivity index is 1.34. The van der Waals surface area contributed by atoms with Crippen molar-refractivity contribution in [1.82, 2.24) is 25.3 Å². The molecule has 0 bridgehead atoms. The number of hydrogen-bond donors (Lipinski definition) is 3. The number of nitrogens with one attached hydrogen (secondary N) is 3. The summed E-state index contributed by atoms with van der Waals surface area (Å²) in [6.07, 6.45) is 9.86. The minimum absolute atomic E-state index is 0.341. The van der Waals surface area contributed by atoms with Crippen LogP contribution < -0.4 is 16.0 Å². The molecule has 1 saturated heterocycles. The van der Waals surface area contributed by atoms with Crippen LogP contribution in [0.3, 0.4) is 0 Å². The van der Waals surface area contributed by atoms with Gasteiger partial charge in [-0.15, -0.1) is 0 Å². The highest BCUT2D eigenvalue weighted by molar-refractivity contribution is 6.32. The van der Waals surface area contributed by atoms with Gasteiger partial charge in [0.25, 0.3) is 0 Å². The van der Waals surface area contributed by atoms with Crippen molar-refractivity contribution in [3.63, 3.8) is 0 Å². The maximum Gasteiger partial charge on any atom is 0.223 e. The fourth-order valence-electron chi connectivity index (χ4n) is 4.35. The molecule has 0 aromatic carbocycles. The molecule has 1 saturated carbocycles. The molecule has 10 heteroatoms. The highest BCUT2D eigenvalue weighted by Gasteiger charge is 2.22. The lowest BCUT2D eigenvalue weighted by atomic mass is 9.91. The van der Waals surface area contributed by atoms with Gasteiger partial charge in [0.15, 0.2) is 5.82 Å². The largest absolute Gasteiger partial charge is 0.383 e. The minimum atomic E-state index is 0.341. The van der Waals surface area contributed by atoms with Crippen molar-refractivity contribution < 1.29 is 9.47 Å². The fraction of sp³-hybridized carbons (Fsp3) is 0.652. The molecule has 2 aliphatic rings. The Hall–Kier alpha value is -2.07. The van der Waals surface area contributed by atoms with Gasteiger partial charge < -0.3 is 25.4 Å². The van der Waals surface area contributed by atoms with Crippen LogP contribution in [0.1, 0.15) is 38.5 Å². The molecule has 2 fully saturated rings. The van der Waals surface area contributed by atoms with E-state index in [-0.39, 0.29) is 0 Å². The predicted octanol–water partition coefficient (Wildman–Crippen LogP) is 3.38. The van der Waals surface area contributed by atoms with E-state index in [1.54, 1.807) is 19.5 Å². The topological polar surface area (TPSA) is 106 Å². The Labute approximate surface area is 200 Å². The molecule has 1 aliphatic carbocycles. The summed E-state index contributed by atoms with van der Waals surface area (Å²) in [6.45, 7) is 4.17. The van der Waals surface area contributed by atoms with Crippen molar-refractivity contribution in [3.05, 3.63) is 23.5 Å². The number of anilines is 2. The van der Waals surface area contributed by atoms with E-state index < -0.39 is 0 Å². The van der Waals surface area contributed by atoms with Gasteiger partial charge in [0, 0.05) is 51.7 Å². The highest BCUT2D eigenvalue weighted by atomic mass is 35.5. The molecule has 4 rings (SSSR count). The van der Waals surface area contributed by atoms with E-state index in [1.807, 2.05) is 6.07 Å². The average Bonchev–Trinajstić information content (AvgIpc) is 2.86. The second kappa shape index (κ2) is 12.4. The van der Waals surface area contributed by atoms with Gasteiger partial charge in [-0.25, -0.2) is 19.9 Å². The zero-order valence-electron chi connectivity index (χ0n) is 19.2. The molecule has 3 N–H and O–H groups in total. The molecule has 0 amide bonds. The van der Waals surface area contributed by atoms with Crippen LogP contribution in [0, 0.1) is 5.92 Å². The number of ether oxygens (including phenoxy) is 2. The molecule has 3 heterocycles. The van der Waals surface area contributed by atoms with E-state index >= 15 is 0 Å². The molecule has 33 heavy (non-hydrogen) atoms. The van der Waals surface area contributed by atoms with Crippen LogP contribution in [0.15, 0.2) is 18.5 Å². The quantitative estimate of drug-likeness (QED) is 0.446. The van der Waals surface area contributed by atoms with Crippen LogP contribution in [0.25, 0.3) is 11.5 Å². The van der Waals surface area contributed by atoms with Gasteiger partial charge in [0.1, 0.15) is 11.5 Å². The fourth-order valence-corrected chi connectivity index (χ4v) is 4.53. The van der Waals surface area contributed by atoms with E-state index in [0.717, 1.165) is 77.3 Å². The van der Waals surface area contributed by atoms with Gasteiger partial charge in [-0.05, 0) is 50.5 Å². The lowest BCUT2D eigenvalue weighted by molar-refractivity contribution is 0.0699. The van der Waals surface area contributed by atoms with Crippen LogP contribution in [-0.4, -0.2) is 72.0 Å². The second-order valence-corrected chi connectivity index (χ2v) is 9.14. The molecule has 0 spiro atoms. The van der Waals surface area contributed by atoms with Gasteiger partial charge in [-0.1, -0.05) is 11.6 Å². The number of nitrogens with zero attached hydrogens (tertiary/aromatic N) is 4. The van der Waals surface area contributed by atoms with Gasteiger partial charge in [-0.3, -0.25) is 0 Å². The Bertz CT molecular complexity index is 874. The summed E-state index contributed by atoms with van der Waals surface area (Å²) in [7, 11) is 1.73. The monoisotopic (exact) mass is 475 g/mol. The number of hydrogen-bond acceptors (Lipinski definition) is 9. The molecular formula is C23H34ClN7O2. The van der Waals surface area contributed by atoms with Crippen molar-refractivity contribution in [2.45, 2.75) is 50.6 Å². The molecular weight excluding hydrogens is 442 g/mol. The summed E-state index contributed by atoms with van der Waals surface area (Å²) in [6, 6.07) is 2.76. The molecule has 0 atom stereocenters. The van der Waals surface area contributed by atoms with E-state index in [0.29, 0.717) is 40.5 Å². The molecule has 1 aliphatic heterocycles. The van der Waals surface area contributed by atoms with Crippen molar-refractivity contribution in [2.75, 3.05) is 50.7 Å². The van der Waals surface area contributed by atoms with E-state index in [9.17, 15) is 0 Å². The Morgan fingerprint density at radius 1 is 1.06 bits per heavy atom. The molecule has 2 aromatic rings. The molecule has 180 valence electrons. The normalized spacial score (nSPS) is 21.6. The molecule has 9 nitrogen and oxygen atoms in total. The van der Waals surface area contributed by atoms with Crippen LogP contribution in [0.2, 0.25) is 5.02 Å². The lowest BCUT2D eigenvalue weighted by Gasteiger charge is -2.29. The summed E-state index contributed by atoms with van der Waals surface area (Å²) in [4.78, 5) is 18.1. The van der Waals surface area contributed by atoms with E-state index in [1.165, 1.54) is 0 Å².